The molecule has 0 saturated carbocycles. The lowest BCUT2D eigenvalue weighted by molar-refractivity contribution is -0.274. The summed E-state index contributed by atoms with van der Waals surface area (Å²) in [6, 6.07) is 18.6. The molecular formula is C34H45F3N2O5Si. The van der Waals surface area contributed by atoms with Gasteiger partial charge in [0.25, 0.3) is 0 Å². The molecular weight excluding hydrogens is 601 g/mol. The molecule has 3 rings (SSSR count). The molecule has 5 N–H and O–H groups in total. The van der Waals surface area contributed by atoms with E-state index in [1.807, 2.05) is 49.5 Å². The van der Waals surface area contributed by atoms with E-state index in [9.17, 15) is 33.0 Å². The summed E-state index contributed by atoms with van der Waals surface area (Å²) in [7, 11) is -2.49. The lowest BCUT2D eigenvalue weighted by atomic mass is 9.88. The lowest BCUT2D eigenvalue weighted by Gasteiger charge is -2.38. The maximum absolute atomic E-state index is 12.6. The van der Waals surface area contributed by atoms with Gasteiger partial charge in [0.05, 0.1) is 13.0 Å². The largest absolute Gasteiger partial charge is 0.573 e. The van der Waals surface area contributed by atoms with Crippen LogP contribution in [0.25, 0.3) is 0 Å². The molecule has 0 spiro atoms. The smallest absolute Gasteiger partial charge is 0.508 e. The zero-order valence-electron chi connectivity index (χ0n) is 26.5. The van der Waals surface area contributed by atoms with Crippen molar-refractivity contribution >= 4 is 14.2 Å². The standard InChI is InChI=1S/C34H45F3N2O5Si/c1-23(38-21-29(19-33(2,3)45(4,5)43)27-11-14-31(41)28(18-27)22-40)15-25-7-6-8-26(16-25)17-32(42)39-20-24-9-12-30(13-10-24)44-34(35,36)37/h6-14,16,18,23,29,38,40-41,43H,15,17,19-22H2,1-5H3,(H,39,42)/t23-,29+/m1/s1. The van der Waals surface area contributed by atoms with Crippen molar-refractivity contribution in [2.24, 2.45) is 0 Å². The molecule has 0 aliphatic rings. The van der Waals surface area contributed by atoms with E-state index in [2.05, 4.69) is 36.1 Å². The molecule has 246 valence electrons. The molecule has 2 atom stereocenters. The Morgan fingerprint density at radius 1 is 0.978 bits per heavy atom. The van der Waals surface area contributed by atoms with Gasteiger partial charge in [-0.1, -0.05) is 56.3 Å². The number of alkyl halides is 3. The van der Waals surface area contributed by atoms with Crippen molar-refractivity contribution in [1.82, 2.24) is 10.6 Å². The summed E-state index contributed by atoms with van der Waals surface area (Å²) in [6.07, 6.45) is -3.14. The molecule has 1 amide bonds. The van der Waals surface area contributed by atoms with Crippen LogP contribution in [0.15, 0.2) is 66.7 Å². The van der Waals surface area contributed by atoms with Crippen molar-refractivity contribution in [1.29, 1.82) is 0 Å². The van der Waals surface area contributed by atoms with Crippen LogP contribution in [0.1, 0.15) is 60.9 Å². The average molecular weight is 647 g/mol. The zero-order valence-corrected chi connectivity index (χ0v) is 27.5. The van der Waals surface area contributed by atoms with Gasteiger partial charge in [0, 0.05) is 24.7 Å². The minimum absolute atomic E-state index is 0.0377. The number of carbonyl (C=O) groups is 1. The molecule has 0 radical (unpaired) electrons. The van der Waals surface area contributed by atoms with E-state index in [4.69, 9.17) is 0 Å². The minimum atomic E-state index is -4.75. The molecule has 11 heteroatoms. The Bertz CT molecular complexity index is 1410. The highest BCUT2D eigenvalue weighted by Crippen LogP contribution is 2.44. The summed E-state index contributed by atoms with van der Waals surface area (Å²) in [5.74, 6) is -0.425. The second-order valence-corrected chi connectivity index (χ2v) is 17.3. The Labute approximate surface area is 264 Å². The molecule has 0 unspecified atom stereocenters. The fourth-order valence-electron chi connectivity index (χ4n) is 5.05. The summed E-state index contributed by atoms with van der Waals surface area (Å²) in [4.78, 5) is 23.5. The number of hydrogen-bond donors (Lipinski definition) is 5. The number of aromatic hydroxyl groups is 1. The maximum Gasteiger partial charge on any atom is 0.573 e. The quantitative estimate of drug-likeness (QED) is 0.124. The van der Waals surface area contributed by atoms with Crippen LogP contribution in [0.2, 0.25) is 18.1 Å². The topological polar surface area (TPSA) is 111 Å². The molecule has 7 nitrogen and oxygen atoms in total. The van der Waals surface area contributed by atoms with Crippen LogP contribution in [0, 0.1) is 0 Å². The zero-order chi connectivity index (χ0) is 33.4. The highest BCUT2D eigenvalue weighted by molar-refractivity contribution is 6.72. The predicted octanol–water partition coefficient (Wildman–Crippen LogP) is 6.31. The van der Waals surface area contributed by atoms with Crippen LogP contribution >= 0.6 is 0 Å². The van der Waals surface area contributed by atoms with E-state index in [-0.39, 0.29) is 54.0 Å². The first-order valence-corrected chi connectivity index (χ1v) is 18.0. The first-order chi connectivity index (χ1) is 21.0. The normalized spacial score (nSPS) is 13.7. The van der Waals surface area contributed by atoms with E-state index in [1.54, 1.807) is 6.07 Å². The number of rotatable bonds is 15. The van der Waals surface area contributed by atoms with Crippen LogP contribution in [-0.4, -0.2) is 48.2 Å². The van der Waals surface area contributed by atoms with Crippen LogP contribution in [0.3, 0.4) is 0 Å². The van der Waals surface area contributed by atoms with E-state index < -0.39 is 14.7 Å². The van der Waals surface area contributed by atoms with Crippen molar-refractivity contribution < 1.29 is 37.7 Å². The first kappa shape index (κ1) is 36.1. The van der Waals surface area contributed by atoms with Gasteiger partial charge in [0.15, 0.2) is 8.32 Å². The van der Waals surface area contributed by atoms with Gasteiger partial charge < -0.3 is 30.4 Å². The van der Waals surface area contributed by atoms with E-state index in [0.717, 1.165) is 29.5 Å². The maximum atomic E-state index is 12.6. The van der Waals surface area contributed by atoms with Crippen LogP contribution in [0.5, 0.6) is 11.5 Å². The molecule has 0 heterocycles. The van der Waals surface area contributed by atoms with Crippen molar-refractivity contribution in [2.75, 3.05) is 6.54 Å². The molecule has 3 aromatic carbocycles. The summed E-state index contributed by atoms with van der Waals surface area (Å²) in [5, 5.41) is 25.9. The highest BCUT2D eigenvalue weighted by Gasteiger charge is 2.40. The van der Waals surface area contributed by atoms with Gasteiger partial charge in [0.2, 0.25) is 5.91 Å². The van der Waals surface area contributed by atoms with Gasteiger partial charge in [-0.2, -0.15) is 0 Å². The molecule has 0 aliphatic carbocycles. The summed E-state index contributed by atoms with van der Waals surface area (Å²) < 4.78 is 40.9. The monoisotopic (exact) mass is 646 g/mol. The fourth-order valence-corrected chi connectivity index (χ4v) is 5.80. The van der Waals surface area contributed by atoms with Crippen LogP contribution in [-0.2, 0) is 30.8 Å². The second kappa shape index (κ2) is 15.3. The number of amides is 1. The predicted molar refractivity (Wildman–Crippen MR) is 171 cm³/mol. The number of carbonyl (C=O) groups excluding carboxylic acids is 1. The third kappa shape index (κ3) is 11.5. The third-order valence-corrected chi connectivity index (χ3v) is 11.9. The number of nitrogens with one attached hydrogen (secondary N) is 2. The Kier molecular flexibility index (Phi) is 12.2. The molecule has 0 fully saturated rings. The third-order valence-electron chi connectivity index (χ3n) is 8.42. The van der Waals surface area contributed by atoms with Gasteiger partial charge in [-0.25, -0.2) is 0 Å². The van der Waals surface area contributed by atoms with Crippen molar-refractivity contribution in [3.8, 4) is 11.5 Å². The minimum Gasteiger partial charge on any atom is -0.508 e. The van der Waals surface area contributed by atoms with E-state index >= 15 is 0 Å². The van der Waals surface area contributed by atoms with Gasteiger partial charge in [-0.05, 0) is 90.3 Å². The number of phenols is 1. The Balaban J connectivity index is 1.58. The molecule has 0 bridgehead atoms. The van der Waals surface area contributed by atoms with Crippen molar-refractivity contribution in [3.05, 3.63) is 94.5 Å². The van der Waals surface area contributed by atoms with Gasteiger partial charge >= 0.3 is 6.36 Å². The summed E-state index contributed by atoms with van der Waals surface area (Å²) in [5.41, 5.74) is 4.02. The van der Waals surface area contributed by atoms with Crippen molar-refractivity contribution in [3.63, 3.8) is 0 Å². The Morgan fingerprint density at radius 3 is 2.27 bits per heavy atom. The summed E-state index contributed by atoms with van der Waals surface area (Å²) in [6.45, 7) is 10.7. The molecule has 45 heavy (non-hydrogen) atoms. The van der Waals surface area contributed by atoms with Crippen molar-refractivity contribution in [2.45, 2.75) is 89.6 Å². The number of aliphatic hydroxyl groups is 1. The highest BCUT2D eigenvalue weighted by atomic mass is 28.4. The number of halogens is 3. The number of benzene rings is 3. The van der Waals surface area contributed by atoms with Gasteiger partial charge in [-0.3, -0.25) is 4.79 Å². The van der Waals surface area contributed by atoms with E-state index in [1.165, 1.54) is 24.3 Å². The average Bonchev–Trinajstić information content (AvgIpc) is 2.94. The Morgan fingerprint density at radius 2 is 1.64 bits per heavy atom. The summed E-state index contributed by atoms with van der Waals surface area (Å²) >= 11 is 0. The first-order valence-electron chi connectivity index (χ1n) is 15.0. The number of aliphatic hydroxyl groups excluding tert-OH is 1. The Hall–Kier alpha value is -3.38. The molecule has 3 aromatic rings. The van der Waals surface area contributed by atoms with Crippen LogP contribution < -0.4 is 15.4 Å². The van der Waals surface area contributed by atoms with Crippen LogP contribution in [0.4, 0.5) is 13.2 Å². The molecule has 0 saturated heterocycles. The van der Waals surface area contributed by atoms with Gasteiger partial charge in [0.1, 0.15) is 11.5 Å². The molecule has 0 aliphatic heterocycles. The second-order valence-electron chi connectivity index (χ2n) is 12.9. The number of ether oxygens (including phenoxy) is 1. The fraction of sp³-hybridized carbons (Fsp3) is 0.441. The SMILES string of the molecule is C[C@H](Cc1cccc(CC(=O)NCc2ccc(OC(F)(F)F)cc2)c1)NC[C@H](CC(C)(C)[Si](C)(C)O)c1ccc(O)c(CO)c1. The number of hydrogen-bond acceptors (Lipinski definition) is 6. The van der Waals surface area contributed by atoms with Gasteiger partial charge in [-0.15, -0.1) is 13.2 Å². The lowest BCUT2D eigenvalue weighted by Crippen LogP contribution is -2.41. The van der Waals surface area contributed by atoms with E-state index in [0.29, 0.717) is 17.7 Å². The molecule has 0 aromatic heterocycles.